The molecular weight excluding hydrogens is 386 g/mol. The van der Waals surface area contributed by atoms with Crippen molar-refractivity contribution in [1.29, 1.82) is 0 Å². The number of nitrogens with zero attached hydrogens (tertiary/aromatic N) is 1. The first-order valence-electron chi connectivity index (χ1n) is 8.78. The molecule has 0 spiro atoms. The van der Waals surface area contributed by atoms with E-state index in [4.69, 9.17) is 4.74 Å². The smallest absolute Gasteiger partial charge is 0.306 e. The van der Waals surface area contributed by atoms with Crippen molar-refractivity contribution < 1.29 is 22.7 Å². The lowest BCUT2D eigenvalue weighted by molar-refractivity contribution is -0.142. The summed E-state index contributed by atoms with van der Waals surface area (Å²) in [5, 5.41) is 1.94. The molecule has 0 atom stereocenters. The number of ether oxygens (including phenoxy) is 1. The van der Waals surface area contributed by atoms with E-state index in [0.29, 0.717) is 25.1 Å². The van der Waals surface area contributed by atoms with E-state index in [0.717, 1.165) is 17.7 Å². The maximum Gasteiger partial charge on any atom is 0.306 e. The minimum atomic E-state index is -3.50. The summed E-state index contributed by atoms with van der Waals surface area (Å²) in [6.45, 7) is 0.719. The summed E-state index contributed by atoms with van der Waals surface area (Å²) in [6.07, 6.45) is 2.55. The van der Waals surface area contributed by atoms with Gasteiger partial charge in [-0.2, -0.15) is 4.31 Å². The van der Waals surface area contributed by atoms with Crippen molar-refractivity contribution >= 4 is 33.1 Å². The number of benzene rings is 1. The van der Waals surface area contributed by atoms with E-state index in [-0.39, 0.29) is 23.7 Å². The van der Waals surface area contributed by atoms with E-state index in [1.165, 1.54) is 28.6 Å². The van der Waals surface area contributed by atoms with Gasteiger partial charge in [0.25, 0.3) is 0 Å². The quantitative estimate of drug-likeness (QED) is 0.496. The molecule has 2 aromatic rings. The number of carbonyl (C=O) groups excluding carboxylic acids is 2. The average Bonchev–Trinajstić information content (AvgIpc) is 3.38. The number of carbonyl (C=O) groups is 2. The molecule has 0 saturated carbocycles. The molecule has 6 nitrogen and oxygen atoms in total. The van der Waals surface area contributed by atoms with Gasteiger partial charge in [-0.1, -0.05) is 6.07 Å². The third kappa shape index (κ3) is 5.03. The van der Waals surface area contributed by atoms with Crippen LogP contribution in [0.15, 0.2) is 46.7 Å². The van der Waals surface area contributed by atoms with Crippen molar-refractivity contribution in [3.05, 3.63) is 52.2 Å². The molecule has 8 heteroatoms. The topological polar surface area (TPSA) is 80.8 Å². The van der Waals surface area contributed by atoms with Crippen molar-refractivity contribution in [2.45, 2.75) is 30.6 Å². The molecule has 1 aliphatic heterocycles. The standard InChI is InChI=1S/C19H21NO5S2/c21-18(14-25-19(22)10-7-16-4-3-13-26-16)15-5-8-17(9-6-15)27(23,24)20-11-1-2-12-20/h3-6,8-9,13H,1-2,7,10-12,14H2. The van der Waals surface area contributed by atoms with Gasteiger partial charge >= 0.3 is 5.97 Å². The number of sulfonamides is 1. The molecule has 0 bridgehead atoms. The van der Waals surface area contributed by atoms with Gasteiger partial charge in [0, 0.05) is 23.5 Å². The summed E-state index contributed by atoms with van der Waals surface area (Å²) in [5.41, 5.74) is 0.321. The Bertz CT molecular complexity index is 883. The number of hydrogen-bond acceptors (Lipinski definition) is 6. The summed E-state index contributed by atoms with van der Waals surface area (Å²) in [5.74, 6) is -0.783. The Morgan fingerprint density at radius 3 is 2.41 bits per heavy atom. The van der Waals surface area contributed by atoms with Crippen LogP contribution < -0.4 is 0 Å². The van der Waals surface area contributed by atoms with Gasteiger partial charge < -0.3 is 4.74 Å². The molecule has 2 heterocycles. The molecule has 0 radical (unpaired) electrons. The van der Waals surface area contributed by atoms with Gasteiger partial charge in [-0.15, -0.1) is 11.3 Å². The number of ketones is 1. The third-order valence-electron chi connectivity index (χ3n) is 4.40. The van der Waals surface area contributed by atoms with E-state index in [1.54, 1.807) is 11.3 Å². The number of esters is 1. The van der Waals surface area contributed by atoms with Crippen LogP contribution in [0.1, 0.15) is 34.5 Å². The van der Waals surface area contributed by atoms with Crippen molar-refractivity contribution in [3.8, 4) is 0 Å². The number of Topliss-reactive ketones (excluding diaryl/α,β-unsaturated/α-hetero) is 1. The molecule has 1 aliphatic rings. The second kappa shape index (κ2) is 8.77. The largest absolute Gasteiger partial charge is 0.457 e. The van der Waals surface area contributed by atoms with Crippen molar-refractivity contribution in [3.63, 3.8) is 0 Å². The minimum Gasteiger partial charge on any atom is -0.457 e. The number of rotatable bonds is 8. The molecule has 1 saturated heterocycles. The fourth-order valence-electron chi connectivity index (χ4n) is 2.87. The lowest BCUT2D eigenvalue weighted by Crippen LogP contribution is -2.27. The van der Waals surface area contributed by atoms with Gasteiger partial charge in [-0.3, -0.25) is 9.59 Å². The van der Waals surface area contributed by atoms with Crippen LogP contribution in [0.25, 0.3) is 0 Å². The number of thiophene rings is 1. The first kappa shape index (κ1) is 19.7. The lowest BCUT2D eigenvalue weighted by Gasteiger charge is -2.15. The van der Waals surface area contributed by atoms with Gasteiger partial charge in [0.2, 0.25) is 10.0 Å². The van der Waals surface area contributed by atoms with E-state index in [1.807, 2.05) is 17.5 Å². The summed E-state index contributed by atoms with van der Waals surface area (Å²) < 4.78 is 31.4. The highest BCUT2D eigenvalue weighted by molar-refractivity contribution is 7.89. The van der Waals surface area contributed by atoms with Crippen molar-refractivity contribution in [2.24, 2.45) is 0 Å². The second-order valence-electron chi connectivity index (χ2n) is 6.30. The van der Waals surface area contributed by atoms with E-state index < -0.39 is 16.0 Å². The maximum absolute atomic E-state index is 12.5. The molecule has 0 N–H and O–H groups in total. The monoisotopic (exact) mass is 407 g/mol. The lowest BCUT2D eigenvalue weighted by atomic mass is 10.1. The summed E-state index contributed by atoms with van der Waals surface area (Å²) >= 11 is 1.57. The van der Waals surface area contributed by atoms with Crippen LogP contribution in [0.2, 0.25) is 0 Å². The zero-order valence-corrected chi connectivity index (χ0v) is 16.4. The Kier molecular flexibility index (Phi) is 6.41. The van der Waals surface area contributed by atoms with Crippen LogP contribution >= 0.6 is 11.3 Å². The van der Waals surface area contributed by atoms with Crippen LogP contribution in [-0.2, 0) is 26.0 Å². The second-order valence-corrected chi connectivity index (χ2v) is 9.27. The first-order chi connectivity index (χ1) is 13.0. The van der Waals surface area contributed by atoms with Crippen molar-refractivity contribution in [2.75, 3.05) is 19.7 Å². The highest BCUT2D eigenvalue weighted by atomic mass is 32.2. The fraction of sp³-hybridized carbons (Fsp3) is 0.368. The fourth-order valence-corrected chi connectivity index (χ4v) is 5.10. The zero-order valence-electron chi connectivity index (χ0n) is 14.8. The molecule has 0 unspecified atom stereocenters. The van der Waals surface area contributed by atoms with E-state index in [9.17, 15) is 18.0 Å². The van der Waals surface area contributed by atoms with Gasteiger partial charge in [-0.25, -0.2) is 8.42 Å². The average molecular weight is 408 g/mol. The van der Waals surface area contributed by atoms with Gasteiger partial charge in [-0.05, 0) is 55.0 Å². The SMILES string of the molecule is O=C(CCc1cccs1)OCC(=O)c1ccc(S(=O)(=O)N2CCCC2)cc1. The molecule has 144 valence electrons. The zero-order chi connectivity index (χ0) is 19.3. The van der Waals surface area contributed by atoms with Gasteiger partial charge in [0.15, 0.2) is 12.4 Å². The Labute approximate surface area is 162 Å². The Morgan fingerprint density at radius 2 is 1.78 bits per heavy atom. The van der Waals surface area contributed by atoms with Gasteiger partial charge in [0.1, 0.15) is 0 Å². The summed E-state index contributed by atoms with van der Waals surface area (Å²) in [4.78, 5) is 25.2. The van der Waals surface area contributed by atoms with Crippen LogP contribution in [-0.4, -0.2) is 44.2 Å². The first-order valence-corrected chi connectivity index (χ1v) is 11.1. The molecule has 1 fully saturated rings. The highest BCUT2D eigenvalue weighted by Gasteiger charge is 2.27. The van der Waals surface area contributed by atoms with Crippen molar-refractivity contribution in [1.82, 2.24) is 4.31 Å². The molecule has 0 amide bonds. The molecule has 1 aromatic carbocycles. The molecule has 3 rings (SSSR count). The van der Waals surface area contributed by atoms with E-state index >= 15 is 0 Å². The Hall–Kier alpha value is -2.03. The maximum atomic E-state index is 12.5. The predicted octanol–water partition coefficient (Wildman–Crippen LogP) is 2.89. The van der Waals surface area contributed by atoms with E-state index in [2.05, 4.69) is 0 Å². The molecule has 27 heavy (non-hydrogen) atoms. The van der Waals surface area contributed by atoms with Crippen LogP contribution in [0.5, 0.6) is 0 Å². The number of aryl methyl sites for hydroxylation is 1. The van der Waals surface area contributed by atoms with Crippen LogP contribution in [0.4, 0.5) is 0 Å². The molecule has 0 aliphatic carbocycles. The van der Waals surface area contributed by atoms with Gasteiger partial charge in [0.05, 0.1) is 11.3 Å². The summed E-state index contributed by atoms with van der Waals surface area (Å²) in [7, 11) is -3.50. The van der Waals surface area contributed by atoms with Crippen LogP contribution in [0.3, 0.4) is 0 Å². The molecular formula is C19H21NO5S2. The normalized spacial score (nSPS) is 15.0. The summed E-state index contributed by atoms with van der Waals surface area (Å²) in [6, 6.07) is 9.65. The minimum absolute atomic E-state index is 0.175. The highest BCUT2D eigenvalue weighted by Crippen LogP contribution is 2.21. The number of hydrogen-bond donors (Lipinski definition) is 0. The molecule has 1 aromatic heterocycles. The van der Waals surface area contributed by atoms with Crippen LogP contribution in [0, 0.1) is 0 Å². The Morgan fingerprint density at radius 1 is 1.07 bits per heavy atom. The predicted molar refractivity (Wildman–Crippen MR) is 102 cm³/mol. The Balaban J connectivity index is 1.52. The third-order valence-corrected chi connectivity index (χ3v) is 7.25.